The van der Waals surface area contributed by atoms with Crippen molar-refractivity contribution in [1.29, 1.82) is 5.26 Å². The maximum Gasteiger partial charge on any atom is 0.264 e. The number of aryl methyl sites for hydroxylation is 1. The number of nitrogens with zero attached hydrogens (tertiary/aromatic N) is 3. The molecule has 7 nitrogen and oxygen atoms in total. The van der Waals surface area contributed by atoms with E-state index in [9.17, 15) is 8.42 Å². The first kappa shape index (κ1) is 12.9. The SMILES string of the molecule is Cn1ccc(NS(=O)(=O)c2ccc(N)cc2C#N)n1. The molecule has 98 valence electrons. The number of rotatable bonds is 3. The van der Waals surface area contributed by atoms with Gasteiger partial charge in [-0.05, 0) is 18.2 Å². The molecule has 1 heterocycles. The highest BCUT2D eigenvalue weighted by molar-refractivity contribution is 7.92. The van der Waals surface area contributed by atoms with Crippen LogP contribution in [0.2, 0.25) is 0 Å². The molecule has 8 heteroatoms. The number of nitriles is 1. The molecule has 2 aromatic rings. The lowest BCUT2D eigenvalue weighted by Crippen LogP contribution is -2.15. The third-order valence-corrected chi connectivity index (χ3v) is 3.78. The Morgan fingerprint density at radius 3 is 2.74 bits per heavy atom. The van der Waals surface area contributed by atoms with Gasteiger partial charge in [0.15, 0.2) is 5.82 Å². The average Bonchev–Trinajstić information content (AvgIpc) is 2.73. The number of nitrogens with two attached hydrogens (primary N) is 1. The molecule has 0 unspecified atom stereocenters. The molecule has 0 atom stereocenters. The molecule has 2 rings (SSSR count). The number of aromatic nitrogens is 2. The Bertz CT molecular complexity index is 758. The van der Waals surface area contributed by atoms with Gasteiger partial charge in [-0.15, -0.1) is 0 Å². The molecule has 3 N–H and O–H groups in total. The van der Waals surface area contributed by atoms with Crippen LogP contribution in [0.25, 0.3) is 0 Å². The summed E-state index contributed by atoms with van der Waals surface area (Å²) in [4.78, 5) is -0.130. The van der Waals surface area contributed by atoms with Crippen LogP contribution in [0.1, 0.15) is 5.56 Å². The van der Waals surface area contributed by atoms with Crippen molar-refractivity contribution in [3.63, 3.8) is 0 Å². The average molecular weight is 277 g/mol. The van der Waals surface area contributed by atoms with Gasteiger partial charge >= 0.3 is 0 Å². The van der Waals surface area contributed by atoms with Crippen molar-refractivity contribution in [1.82, 2.24) is 9.78 Å². The lowest BCUT2D eigenvalue weighted by Gasteiger charge is -2.07. The molecular formula is C11H11N5O2S. The summed E-state index contributed by atoms with van der Waals surface area (Å²) in [7, 11) is -2.20. The normalized spacial score (nSPS) is 10.9. The van der Waals surface area contributed by atoms with Crippen molar-refractivity contribution in [2.24, 2.45) is 7.05 Å². The van der Waals surface area contributed by atoms with Gasteiger partial charge in [0.05, 0.1) is 5.56 Å². The molecule has 0 saturated carbocycles. The second-order valence-corrected chi connectivity index (χ2v) is 5.50. The van der Waals surface area contributed by atoms with Crippen molar-refractivity contribution in [3.05, 3.63) is 36.0 Å². The smallest absolute Gasteiger partial charge is 0.264 e. The lowest BCUT2D eigenvalue weighted by molar-refractivity contribution is 0.600. The summed E-state index contributed by atoms with van der Waals surface area (Å²) >= 11 is 0. The Balaban J connectivity index is 2.43. The van der Waals surface area contributed by atoms with Gasteiger partial charge in [-0.2, -0.15) is 10.4 Å². The van der Waals surface area contributed by atoms with E-state index in [1.165, 1.54) is 28.9 Å². The largest absolute Gasteiger partial charge is 0.399 e. The minimum atomic E-state index is -3.86. The molecule has 0 amide bonds. The molecular weight excluding hydrogens is 266 g/mol. The van der Waals surface area contributed by atoms with Crippen LogP contribution >= 0.6 is 0 Å². The molecule has 0 radical (unpaired) electrons. The number of hydrogen-bond acceptors (Lipinski definition) is 5. The first-order valence-corrected chi connectivity index (χ1v) is 6.73. The highest BCUT2D eigenvalue weighted by Crippen LogP contribution is 2.20. The number of hydrogen-bond donors (Lipinski definition) is 2. The van der Waals surface area contributed by atoms with Crippen molar-refractivity contribution in [2.45, 2.75) is 4.90 Å². The molecule has 0 saturated heterocycles. The summed E-state index contributed by atoms with van der Waals surface area (Å²) in [5, 5.41) is 12.9. The molecule has 0 aliphatic heterocycles. The summed E-state index contributed by atoms with van der Waals surface area (Å²) in [6.07, 6.45) is 1.60. The monoisotopic (exact) mass is 277 g/mol. The zero-order valence-electron chi connectivity index (χ0n) is 10.0. The quantitative estimate of drug-likeness (QED) is 0.800. The molecule has 0 bridgehead atoms. The third kappa shape index (κ3) is 2.66. The second kappa shape index (κ2) is 4.62. The zero-order chi connectivity index (χ0) is 14.0. The van der Waals surface area contributed by atoms with E-state index in [-0.39, 0.29) is 16.3 Å². The van der Waals surface area contributed by atoms with E-state index < -0.39 is 10.0 Å². The van der Waals surface area contributed by atoms with E-state index in [1.807, 2.05) is 6.07 Å². The van der Waals surface area contributed by atoms with Crippen LogP contribution in [0, 0.1) is 11.3 Å². The van der Waals surface area contributed by atoms with Gasteiger partial charge in [-0.1, -0.05) is 0 Å². The lowest BCUT2D eigenvalue weighted by atomic mass is 10.2. The topological polar surface area (TPSA) is 114 Å². The van der Waals surface area contributed by atoms with Crippen LogP contribution in [-0.4, -0.2) is 18.2 Å². The van der Waals surface area contributed by atoms with Crippen LogP contribution in [0.3, 0.4) is 0 Å². The van der Waals surface area contributed by atoms with E-state index >= 15 is 0 Å². The molecule has 19 heavy (non-hydrogen) atoms. The van der Waals surface area contributed by atoms with Gasteiger partial charge in [0.2, 0.25) is 0 Å². The summed E-state index contributed by atoms with van der Waals surface area (Å²) in [6, 6.07) is 7.35. The molecule has 0 spiro atoms. The van der Waals surface area contributed by atoms with Crippen LogP contribution in [-0.2, 0) is 17.1 Å². The summed E-state index contributed by atoms with van der Waals surface area (Å²) < 4.78 is 28.1. The van der Waals surface area contributed by atoms with Crippen LogP contribution in [0.5, 0.6) is 0 Å². The Labute approximate surface area is 110 Å². The maximum absolute atomic E-state index is 12.1. The predicted molar refractivity (Wildman–Crippen MR) is 69.6 cm³/mol. The Morgan fingerprint density at radius 1 is 1.42 bits per heavy atom. The maximum atomic E-state index is 12.1. The second-order valence-electron chi connectivity index (χ2n) is 3.85. The summed E-state index contributed by atoms with van der Waals surface area (Å²) in [5.41, 5.74) is 5.84. The van der Waals surface area contributed by atoms with Gasteiger partial charge in [-0.3, -0.25) is 9.40 Å². The summed E-state index contributed by atoms with van der Waals surface area (Å²) in [5.74, 6) is 0.184. The predicted octanol–water partition coefficient (Wildman–Crippen LogP) is 0.675. The van der Waals surface area contributed by atoms with E-state index in [2.05, 4.69) is 9.82 Å². The molecule has 1 aromatic heterocycles. The minimum Gasteiger partial charge on any atom is -0.399 e. The first-order chi connectivity index (χ1) is 8.92. The first-order valence-electron chi connectivity index (χ1n) is 5.24. The van der Waals surface area contributed by atoms with Crippen molar-refractivity contribution < 1.29 is 8.42 Å². The van der Waals surface area contributed by atoms with E-state index in [0.717, 1.165) is 0 Å². The number of nitrogen functional groups attached to an aromatic ring is 1. The number of nitrogens with one attached hydrogen (secondary N) is 1. The summed E-state index contributed by atoms with van der Waals surface area (Å²) in [6.45, 7) is 0. The number of benzene rings is 1. The zero-order valence-corrected chi connectivity index (χ0v) is 10.8. The highest BCUT2D eigenvalue weighted by Gasteiger charge is 2.19. The Morgan fingerprint density at radius 2 is 2.16 bits per heavy atom. The van der Waals surface area contributed by atoms with Crippen molar-refractivity contribution >= 4 is 21.5 Å². The molecule has 0 fully saturated rings. The third-order valence-electron chi connectivity index (χ3n) is 2.37. The van der Waals surface area contributed by atoms with E-state index in [4.69, 9.17) is 11.0 Å². The fourth-order valence-electron chi connectivity index (χ4n) is 1.53. The molecule has 0 aliphatic rings. The van der Waals surface area contributed by atoms with E-state index in [0.29, 0.717) is 5.69 Å². The van der Waals surface area contributed by atoms with Gasteiger partial charge in [-0.25, -0.2) is 8.42 Å². The fraction of sp³-hybridized carbons (Fsp3) is 0.0909. The van der Waals surface area contributed by atoms with Gasteiger partial charge in [0, 0.05) is 25.0 Å². The van der Waals surface area contributed by atoms with Gasteiger partial charge < -0.3 is 5.73 Å². The van der Waals surface area contributed by atoms with Crippen molar-refractivity contribution in [2.75, 3.05) is 10.5 Å². The Hall–Kier alpha value is -2.53. The fourth-order valence-corrected chi connectivity index (χ4v) is 2.67. The van der Waals surface area contributed by atoms with Gasteiger partial charge in [0.1, 0.15) is 11.0 Å². The highest BCUT2D eigenvalue weighted by atomic mass is 32.2. The number of sulfonamides is 1. The van der Waals surface area contributed by atoms with Crippen LogP contribution in [0.4, 0.5) is 11.5 Å². The van der Waals surface area contributed by atoms with Crippen LogP contribution in [0.15, 0.2) is 35.4 Å². The van der Waals surface area contributed by atoms with Gasteiger partial charge in [0.25, 0.3) is 10.0 Å². The number of anilines is 2. The van der Waals surface area contributed by atoms with Crippen LogP contribution < -0.4 is 10.5 Å². The molecule has 0 aliphatic carbocycles. The molecule has 1 aromatic carbocycles. The van der Waals surface area contributed by atoms with Crippen molar-refractivity contribution in [3.8, 4) is 6.07 Å². The standard InChI is InChI=1S/C11H11N5O2S/c1-16-5-4-11(14-16)15-19(17,18)10-3-2-9(13)6-8(10)7-12/h2-6H,13H2,1H3,(H,14,15). The van der Waals surface area contributed by atoms with E-state index in [1.54, 1.807) is 13.2 Å². The minimum absolute atomic E-state index is 0.0107. The Kier molecular flexibility index (Phi) is 3.14.